The molecule has 0 N–H and O–H groups in total. The second-order valence-corrected chi connectivity index (χ2v) is 4.15. The number of aromatic nitrogens is 1. The first kappa shape index (κ1) is 11.5. The van der Waals surface area contributed by atoms with Gasteiger partial charge in [0.15, 0.2) is 0 Å². The van der Waals surface area contributed by atoms with Crippen LogP contribution in [-0.4, -0.2) is 4.98 Å². The molecule has 0 saturated carbocycles. The summed E-state index contributed by atoms with van der Waals surface area (Å²) in [5.41, 5.74) is 2.16. The molecule has 0 atom stereocenters. The van der Waals surface area contributed by atoms with E-state index < -0.39 is 0 Å². The fraction of sp³-hybridized carbons (Fsp3) is 0. The van der Waals surface area contributed by atoms with Gasteiger partial charge in [-0.05, 0) is 35.9 Å². The van der Waals surface area contributed by atoms with Crippen LogP contribution in [0.3, 0.4) is 0 Å². The lowest BCUT2D eigenvalue weighted by Gasteiger charge is -2.10. The molecule has 3 rings (SSSR count). The fourth-order valence-corrected chi connectivity index (χ4v) is 1.94. The maximum Gasteiger partial charge on any atom is 0.135 e. The van der Waals surface area contributed by atoms with E-state index in [1.165, 1.54) is 0 Å². The molecule has 2 nitrogen and oxygen atoms in total. The van der Waals surface area contributed by atoms with E-state index in [4.69, 9.17) is 4.74 Å². The number of nitrogens with zero attached hydrogens (tertiary/aromatic N) is 1. The summed E-state index contributed by atoms with van der Waals surface area (Å²) in [6, 6.07) is 21.8. The highest BCUT2D eigenvalue weighted by atomic mass is 16.5. The molecule has 0 fully saturated rings. The van der Waals surface area contributed by atoms with Crippen LogP contribution in [0.15, 0.2) is 79.1 Å². The van der Waals surface area contributed by atoms with Crippen molar-refractivity contribution in [3.8, 4) is 22.6 Å². The van der Waals surface area contributed by atoms with E-state index in [0.717, 1.165) is 22.6 Å². The predicted molar refractivity (Wildman–Crippen MR) is 76.2 cm³/mol. The Hall–Kier alpha value is -2.61. The minimum atomic E-state index is 0.837. The number of ether oxygens (including phenoxy) is 1. The standard InChI is InChI=1S/C17H13NO/c1-2-6-15(7-3-1)19-17-9-5-4-8-16(17)14-10-12-18-13-11-14/h1-13H. The molecule has 2 aromatic carbocycles. The Bertz CT molecular complexity index is 650. The Morgan fingerprint density at radius 3 is 2.16 bits per heavy atom. The summed E-state index contributed by atoms with van der Waals surface area (Å²) in [6.07, 6.45) is 3.57. The summed E-state index contributed by atoms with van der Waals surface area (Å²) >= 11 is 0. The second-order valence-electron chi connectivity index (χ2n) is 4.15. The van der Waals surface area contributed by atoms with Crippen LogP contribution >= 0.6 is 0 Å². The number of pyridine rings is 1. The van der Waals surface area contributed by atoms with Crippen LogP contribution in [0.4, 0.5) is 0 Å². The summed E-state index contributed by atoms with van der Waals surface area (Å²) in [4.78, 5) is 4.04. The lowest BCUT2D eigenvalue weighted by atomic mass is 10.1. The van der Waals surface area contributed by atoms with Crippen molar-refractivity contribution in [2.45, 2.75) is 0 Å². The Balaban J connectivity index is 1.99. The quantitative estimate of drug-likeness (QED) is 0.677. The molecule has 3 aromatic rings. The SMILES string of the molecule is c1ccc(Oc2ccccc2-c2ccncc2)cc1. The zero-order chi connectivity index (χ0) is 12.9. The Morgan fingerprint density at radius 1 is 0.684 bits per heavy atom. The van der Waals surface area contributed by atoms with Gasteiger partial charge in [0.25, 0.3) is 0 Å². The average molecular weight is 247 g/mol. The van der Waals surface area contributed by atoms with Gasteiger partial charge in [0.1, 0.15) is 11.5 Å². The monoisotopic (exact) mass is 247 g/mol. The fourth-order valence-electron chi connectivity index (χ4n) is 1.94. The zero-order valence-corrected chi connectivity index (χ0v) is 10.4. The first-order chi connectivity index (χ1) is 9.43. The molecule has 0 aliphatic heterocycles. The number of hydrogen-bond acceptors (Lipinski definition) is 2. The van der Waals surface area contributed by atoms with Crippen LogP contribution in [-0.2, 0) is 0 Å². The summed E-state index contributed by atoms with van der Waals surface area (Å²) in [7, 11) is 0. The van der Waals surface area contributed by atoms with Crippen LogP contribution in [0, 0.1) is 0 Å². The first-order valence-corrected chi connectivity index (χ1v) is 6.16. The van der Waals surface area contributed by atoms with Gasteiger partial charge in [-0.1, -0.05) is 36.4 Å². The lowest BCUT2D eigenvalue weighted by Crippen LogP contribution is -1.88. The third kappa shape index (κ3) is 2.63. The molecule has 0 unspecified atom stereocenters. The summed E-state index contributed by atoms with van der Waals surface area (Å²) in [6.45, 7) is 0. The van der Waals surface area contributed by atoms with Crippen LogP contribution in [0.2, 0.25) is 0 Å². The van der Waals surface area contributed by atoms with Gasteiger partial charge in [-0.3, -0.25) is 4.98 Å². The molecule has 92 valence electrons. The highest BCUT2D eigenvalue weighted by Gasteiger charge is 2.06. The van der Waals surface area contributed by atoms with Gasteiger partial charge in [0.05, 0.1) is 0 Å². The smallest absolute Gasteiger partial charge is 0.135 e. The predicted octanol–water partition coefficient (Wildman–Crippen LogP) is 4.54. The normalized spacial score (nSPS) is 10.1. The van der Waals surface area contributed by atoms with Crippen molar-refractivity contribution < 1.29 is 4.74 Å². The average Bonchev–Trinajstić information content (AvgIpc) is 2.50. The number of benzene rings is 2. The minimum absolute atomic E-state index is 0.837. The molecule has 2 heteroatoms. The third-order valence-corrected chi connectivity index (χ3v) is 2.85. The van der Waals surface area contributed by atoms with Gasteiger partial charge >= 0.3 is 0 Å². The molecule has 0 radical (unpaired) electrons. The molecule has 1 aromatic heterocycles. The van der Waals surface area contributed by atoms with E-state index in [2.05, 4.69) is 4.98 Å². The summed E-state index contributed by atoms with van der Waals surface area (Å²) < 4.78 is 5.94. The molecule has 19 heavy (non-hydrogen) atoms. The van der Waals surface area contributed by atoms with Crippen LogP contribution in [0.25, 0.3) is 11.1 Å². The molecule has 1 heterocycles. The largest absolute Gasteiger partial charge is 0.457 e. The molecule has 0 amide bonds. The van der Waals surface area contributed by atoms with Gasteiger partial charge in [0.2, 0.25) is 0 Å². The van der Waals surface area contributed by atoms with E-state index in [1.54, 1.807) is 12.4 Å². The van der Waals surface area contributed by atoms with Gasteiger partial charge in [-0.25, -0.2) is 0 Å². The first-order valence-electron chi connectivity index (χ1n) is 6.16. The van der Waals surface area contributed by atoms with E-state index in [0.29, 0.717) is 0 Å². The van der Waals surface area contributed by atoms with Gasteiger partial charge in [0, 0.05) is 18.0 Å². The van der Waals surface area contributed by atoms with E-state index in [1.807, 2.05) is 66.7 Å². The van der Waals surface area contributed by atoms with Gasteiger partial charge in [-0.2, -0.15) is 0 Å². The molecule has 0 bridgehead atoms. The van der Waals surface area contributed by atoms with Crippen LogP contribution in [0.5, 0.6) is 11.5 Å². The lowest BCUT2D eigenvalue weighted by molar-refractivity contribution is 0.484. The van der Waals surface area contributed by atoms with Crippen LogP contribution < -0.4 is 4.74 Å². The van der Waals surface area contributed by atoms with Crippen molar-refractivity contribution in [1.82, 2.24) is 4.98 Å². The second kappa shape index (κ2) is 5.36. The summed E-state index contributed by atoms with van der Waals surface area (Å²) in [5.74, 6) is 1.68. The Morgan fingerprint density at radius 2 is 1.37 bits per heavy atom. The highest BCUT2D eigenvalue weighted by molar-refractivity contribution is 5.70. The minimum Gasteiger partial charge on any atom is -0.457 e. The molecule has 0 saturated heterocycles. The van der Waals surface area contributed by atoms with Crippen molar-refractivity contribution in [3.05, 3.63) is 79.1 Å². The molecular weight excluding hydrogens is 234 g/mol. The Labute approximate surface area is 112 Å². The van der Waals surface area contributed by atoms with Crippen LogP contribution in [0.1, 0.15) is 0 Å². The molecular formula is C17H13NO. The number of rotatable bonds is 3. The Kier molecular flexibility index (Phi) is 3.24. The van der Waals surface area contributed by atoms with Crippen molar-refractivity contribution >= 4 is 0 Å². The van der Waals surface area contributed by atoms with E-state index in [9.17, 15) is 0 Å². The molecule has 0 aliphatic rings. The maximum absolute atomic E-state index is 5.94. The zero-order valence-electron chi connectivity index (χ0n) is 10.4. The summed E-state index contributed by atoms with van der Waals surface area (Å²) in [5, 5.41) is 0. The molecule has 0 aliphatic carbocycles. The van der Waals surface area contributed by atoms with Gasteiger partial charge in [-0.15, -0.1) is 0 Å². The maximum atomic E-state index is 5.94. The topological polar surface area (TPSA) is 22.1 Å². The van der Waals surface area contributed by atoms with Crippen molar-refractivity contribution in [2.24, 2.45) is 0 Å². The number of para-hydroxylation sites is 2. The molecule has 0 spiro atoms. The van der Waals surface area contributed by atoms with E-state index >= 15 is 0 Å². The van der Waals surface area contributed by atoms with E-state index in [-0.39, 0.29) is 0 Å². The highest BCUT2D eigenvalue weighted by Crippen LogP contribution is 2.32. The van der Waals surface area contributed by atoms with Crippen molar-refractivity contribution in [3.63, 3.8) is 0 Å². The van der Waals surface area contributed by atoms with Crippen molar-refractivity contribution in [1.29, 1.82) is 0 Å². The third-order valence-electron chi connectivity index (χ3n) is 2.85. The van der Waals surface area contributed by atoms with Crippen molar-refractivity contribution in [2.75, 3.05) is 0 Å². The number of hydrogen-bond donors (Lipinski definition) is 0. The van der Waals surface area contributed by atoms with Gasteiger partial charge < -0.3 is 4.74 Å².